The van der Waals surface area contributed by atoms with Crippen molar-refractivity contribution < 1.29 is 0 Å². The molecule has 0 atom stereocenters. The van der Waals surface area contributed by atoms with Gasteiger partial charge in [-0.3, -0.25) is 0 Å². The van der Waals surface area contributed by atoms with Crippen molar-refractivity contribution in [3.8, 4) is 0 Å². The van der Waals surface area contributed by atoms with Crippen LogP contribution in [0.5, 0.6) is 0 Å². The summed E-state index contributed by atoms with van der Waals surface area (Å²) in [6, 6.07) is 5.01. The first-order chi connectivity index (χ1) is 9.31. The fourth-order valence-electron chi connectivity index (χ4n) is 3.56. The van der Waals surface area contributed by atoms with E-state index in [-0.39, 0.29) is 0 Å². The Labute approximate surface area is 125 Å². The molecule has 0 aliphatic heterocycles. The minimum atomic E-state index is 0.314. The molecule has 0 bridgehead atoms. The monoisotopic (exact) mass is 273 g/mol. The van der Waals surface area contributed by atoms with E-state index >= 15 is 0 Å². The smallest absolute Gasteiger partial charge is 0.00741 e. The molecule has 20 heavy (non-hydrogen) atoms. The van der Waals surface area contributed by atoms with Crippen molar-refractivity contribution in [1.82, 2.24) is 0 Å². The van der Waals surface area contributed by atoms with Crippen LogP contribution in [0.15, 0.2) is 12.1 Å². The Hall–Kier alpha value is -0.820. The highest BCUT2D eigenvalue weighted by atomic mass is 14.5. The maximum absolute atomic E-state index is 5.70. The van der Waals surface area contributed by atoms with Gasteiger partial charge in [-0.15, -0.1) is 0 Å². The van der Waals surface area contributed by atoms with Gasteiger partial charge in [0.15, 0.2) is 0 Å². The average Bonchev–Trinajstić information content (AvgIpc) is 2.41. The van der Waals surface area contributed by atoms with E-state index in [9.17, 15) is 0 Å². The van der Waals surface area contributed by atoms with Gasteiger partial charge < -0.3 is 5.73 Å². The van der Waals surface area contributed by atoms with E-state index in [4.69, 9.17) is 5.73 Å². The SMILES string of the molecule is CCc1cc2c(cc1CCCN)C(C)(C)CCC2(C)C. The Balaban J connectivity index is 2.55. The van der Waals surface area contributed by atoms with Crippen LogP contribution >= 0.6 is 0 Å². The summed E-state index contributed by atoms with van der Waals surface area (Å²) in [5, 5.41) is 0. The van der Waals surface area contributed by atoms with Crippen LogP contribution in [-0.4, -0.2) is 6.54 Å². The molecule has 0 radical (unpaired) electrons. The minimum Gasteiger partial charge on any atom is -0.330 e. The van der Waals surface area contributed by atoms with Gasteiger partial charge in [0.2, 0.25) is 0 Å². The Morgan fingerprint density at radius 1 is 0.950 bits per heavy atom. The second-order valence-corrected chi connectivity index (χ2v) is 7.68. The van der Waals surface area contributed by atoms with Gasteiger partial charge in [-0.2, -0.15) is 0 Å². The maximum Gasteiger partial charge on any atom is -0.00741 e. The predicted molar refractivity (Wildman–Crippen MR) is 88.5 cm³/mol. The first-order valence-corrected chi connectivity index (χ1v) is 8.18. The van der Waals surface area contributed by atoms with Gasteiger partial charge >= 0.3 is 0 Å². The normalized spacial score (nSPS) is 19.7. The standard InChI is InChI=1S/C19H31N/c1-6-14-12-16-17(13-15(14)8-7-11-20)19(4,5)10-9-18(16,2)3/h12-13H,6-11,20H2,1-5H3. The fraction of sp³-hybridized carbons (Fsp3) is 0.684. The van der Waals surface area contributed by atoms with Gasteiger partial charge in [0.25, 0.3) is 0 Å². The lowest BCUT2D eigenvalue weighted by Crippen LogP contribution is -2.34. The van der Waals surface area contributed by atoms with Crippen LogP contribution in [0.25, 0.3) is 0 Å². The number of aryl methyl sites for hydroxylation is 2. The number of rotatable bonds is 4. The van der Waals surface area contributed by atoms with Gasteiger partial charge in [0.1, 0.15) is 0 Å². The molecule has 0 heterocycles. The van der Waals surface area contributed by atoms with Crippen LogP contribution in [0.2, 0.25) is 0 Å². The summed E-state index contributed by atoms with van der Waals surface area (Å²) in [4.78, 5) is 0. The summed E-state index contributed by atoms with van der Waals surface area (Å²) in [6.07, 6.45) is 5.93. The van der Waals surface area contributed by atoms with E-state index in [1.807, 2.05) is 0 Å². The van der Waals surface area contributed by atoms with E-state index < -0.39 is 0 Å². The third-order valence-corrected chi connectivity index (χ3v) is 5.20. The van der Waals surface area contributed by atoms with Crippen LogP contribution in [0.1, 0.15) is 76.1 Å². The maximum atomic E-state index is 5.70. The summed E-state index contributed by atoms with van der Waals surface area (Å²) in [7, 11) is 0. The summed E-state index contributed by atoms with van der Waals surface area (Å²) >= 11 is 0. The highest BCUT2D eigenvalue weighted by molar-refractivity contribution is 5.47. The molecule has 1 heteroatoms. The molecule has 0 saturated carbocycles. The van der Waals surface area contributed by atoms with Gasteiger partial charge in [-0.05, 0) is 71.7 Å². The van der Waals surface area contributed by atoms with Crippen molar-refractivity contribution in [2.24, 2.45) is 5.73 Å². The summed E-state index contributed by atoms with van der Waals surface area (Å²) in [6.45, 7) is 12.7. The number of benzene rings is 1. The Kier molecular flexibility index (Phi) is 4.30. The van der Waals surface area contributed by atoms with Crippen molar-refractivity contribution >= 4 is 0 Å². The van der Waals surface area contributed by atoms with E-state index in [1.165, 1.54) is 24.0 Å². The Bertz CT molecular complexity index is 483. The zero-order valence-corrected chi connectivity index (χ0v) is 14.0. The molecule has 0 amide bonds. The molecular formula is C19H31N. The highest BCUT2D eigenvalue weighted by Gasteiger charge is 2.37. The van der Waals surface area contributed by atoms with Crippen LogP contribution in [-0.2, 0) is 23.7 Å². The quantitative estimate of drug-likeness (QED) is 0.859. The Morgan fingerprint density at radius 3 is 1.90 bits per heavy atom. The molecule has 1 nitrogen and oxygen atoms in total. The van der Waals surface area contributed by atoms with Crippen LogP contribution < -0.4 is 5.73 Å². The number of hydrogen-bond acceptors (Lipinski definition) is 1. The molecule has 0 fully saturated rings. The molecule has 1 aromatic carbocycles. The van der Waals surface area contributed by atoms with E-state index in [1.54, 1.807) is 11.1 Å². The van der Waals surface area contributed by atoms with Crippen molar-refractivity contribution in [3.05, 3.63) is 34.4 Å². The van der Waals surface area contributed by atoms with E-state index in [0.717, 1.165) is 25.8 Å². The molecule has 112 valence electrons. The van der Waals surface area contributed by atoms with Gasteiger partial charge in [0.05, 0.1) is 0 Å². The molecule has 1 aromatic rings. The topological polar surface area (TPSA) is 26.0 Å². The van der Waals surface area contributed by atoms with Crippen molar-refractivity contribution in [2.45, 2.75) is 77.6 Å². The van der Waals surface area contributed by atoms with Gasteiger partial charge in [0, 0.05) is 0 Å². The van der Waals surface area contributed by atoms with Crippen LogP contribution in [0, 0.1) is 0 Å². The molecule has 0 saturated heterocycles. The average molecular weight is 273 g/mol. The first-order valence-electron chi connectivity index (χ1n) is 8.18. The summed E-state index contributed by atoms with van der Waals surface area (Å²) in [5.74, 6) is 0. The number of nitrogens with two attached hydrogens (primary N) is 1. The van der Waals surface area contributed by atoms with Gasteiger partial charge in [-0.1, -0.05) is 46.8 Å². The third kappa shape index (κ3) is 2.79. The lowest BCUT2D eigenvalue weighted by molar-refractivity contribution is 0.331. The second-order valence-electron chi connectivity index (χ2n) is 7.68. The lowest BCUT2D eigenvalue weighted by Gasteiger charge is -2.42. The first kappa shape index (κ1) is 15.6. The highest BCUT2D eigenvalue weighted by Crippen LogP contribution is 2.46. The van der Waals surface area contributed by atoms with Crippen molar-refractivity contribution in [3.63, 3.8) is 0 Å². The van der Waals surface area contributed by atoms with Gasteiger partial charge in [-0.25, -0.2) is 0 Å². The molecule has 2 N–H and O–H groups in total. The third-order valence-electron chi connectivity index (χ3n) is 5.20. The van der Waals surface area contributed by atoms with E-state index in [0.29, 0.717) is 10.8 Å². The zero-order chi connectivity index (χ0) is 15.0. The molecule has 0 spiro atoms. The number of fused-ring (bicyclic) bond motifs is 1. The summed E-state index contributed by atoms with van der Waals surface area (Å²) in [5.41, 5.74) is 12.6. The lowest BCUT2D eigenvalue weighted by atomic mass is 9.62. The zero-order valence-electron chi connectivity index (χ0n) is 14.0. The predicted octanol–water partition coefficient (Wildman–Crippen LogP) is 4.49. The molecule has 0 aromatic heterocycles. The fourth-order valence-corrected chi connectivity index (χ4v) is 3.56. The van der Waals surface area contributed by atoms with Crippen LogP contribution in [0.3, 0.4) is 0 Å². The largest absolute Gasteiger partial charge is 0.330 e. The van der Waals surface area contributed by atoms with Crippen LogP contribution in [0.4, 0.5) is 0 Å². The second kappa shape index (κ2) is 5.52. The number of hydrogen-bond donors (Lipinski definition) is 1. The van der Waals surface area contributed by atoms with Crippen molar-refractivity contribution in [1.29, 1.82) is 0 Å². The minimum absolute atomic E-state index is 0.314. The molecule has 1 aliphatic rings. The molecule has 2 rings (SSSR count). The Morgan fingerprint density at radius 2 is 1.45 bits per heavy atom. The van der Waals surface area contributed by atoms with Crippen molar-refractivity contribution in [2.75, 3.05) is 6.54 Å². The van der Waals surface area contributed by atoms with E-state index in [2.05, 4.69) is 46.8 Å². The molecular weight excluding hydrogens is 242 g/mol. The molecule has 0 unspecified atom stereocenters. The summed E-state index contributed by atoms with van der Waals surface area (Å²) < 4.78 is 0. The molecule has 1 aliphatic carbocycles.